The van der Waals surface area contributed by atoms with Gasteiger partial charge in [0, 0.05) is 25.1 Å². The molecule has 0 saturated heterocycles. The van der Waals surface area contributed by atoms with E-state index in [1.165, 1.54) is 0 Å². The number of imidazole rings is 1. The van der Waals surface area contributed by atoms with Gasteiger partial charge in [0.15, 0.2) is 17.2 Å². The fourth-order valence-electron chi connectivity index (χ4n) is 3.13. The Morgan fingerprint density at radius 3 is 2.74 bits per heavy atom. The van der Waals surface area contributed by atoms with Gasteiger partial charge >= 0.3 is 0 Å². The fraction of sp³-hybridized carbons (Fsp3) is 0.250. The number of rotatable bonds is 6. The van der Waals surface area contributed by atoms with Crippen LogP contribution < -0.4 is 5.32 Å². The van der Waals surface area contributed by atoms with Crippen LogP contribution in [0.4, 0.5) is 5.82 Å². The van der Waals surface area contributed by atoms with Gasteiger partial charge in [-0.25, -0.2) is 9.50 Å². The number of carbonyl (C=O) groups excluding carboxylic acids is 1. The Hall–Kier alpha value is -3.74. The van der Waals surface area contributed by atoms with E-state index in [2.05, 4.69) is 20.4 Å². The summed E-state index contributed by atoms with van der Waals surface area (Å²) in [7, 11) is 1.72. The van der Waals surface area contributed by atoms with Gasteiger partial charge < -0.3 is 9.73 Å². The molecule has 160 valence electrons. The molecule has 0 radical (unpaired) electrons. The lowest BCUT2D eigenvalue weighted by Crippen LogP contribution is -2.14. The molecule has 31 heavy (non-hydrogen) atoms. The highest BCUT2D eigenvalue weighted by Crippen LogP contribution is 2.28. The van der Waals surface area contributed by atoms with Crippen molar-refractivity contribution >= 4 is 34.6 Å². The number of aromatic nitrogens is 3. The fourth-order valence-corrected chi connectivity index (χ4v) is 3.13. The van der Waals surface area contributed by atoms with Gasteiger partial charge in [0.1, 0.15) is 11.3 Å². The van der Waals surface area contributed by atoms with Crippen molar-refractivity contribution in [2.45, 2.75) is 33.6 Å². The van der Waals surface area contributed by atoms with Crippen molar-refractivity contribution in [1.29, 1.82) is 0 Å². The number of amides is 1. The summed E-state index contributed by atoms with van der Waals surface area (Å²) in [6.45, 7) is 5.93. The van der Waals surface area contributed by atoms with Gasteiger partial charge in [-0.15, -0.1) is 5.10 Å². The summed E-state index contributed by atoms with van der Waals surface area (Å²) in [5.74, 6) is 1.03. The number of aliphatic imine (C=N–C) groups is 1. The Morgan fingerprint density at radius 2 is 2.00 bits per heavy atom. The molecular weight excluding hydrogens is 390 g/mol. The summed E-state index contributed by atoms with van der Waals surface area (Å²) in [5.41, 5.74) is 3.22. The normalized spacial score (nSPS) is 11.7. The molecular formula is C24H27N5O2. The van der Waals surface area contributed by atoms with Crippen LogP contribution in [0.3, 0.4) is 0 Å². The Morgan fingerprint density at radius 1 is 1.19 bits per heavy atom. The lowest BCUT2D eigenvalue weighted by atomic mass is 10.1. The highest BCUT2D eigenvalue weighted by atomic mass is 16.3. The van der Waals surface area contributed by atoms with Crippen molar-refractivity contribution in [3.8, 4) is 11.5 Å². The van der Waals surface area contributed by atoms with E-state index in [0.717, 1.165) is 22.2 Å². The number of furan rings is 1. The number of para-hydroxylation sites is 1. The van der Waals surface area contributed by atoms with Crippen LogP contribution in [0.2, 0.25) is 0 Å². The third-order valence-electron chi connectivity index (χ3n) is 4.61. The SMILES string of the molecule is C/C=C(\C=NC)CCC(=O)Nc1ccc2ncc(-c3cc4ccccc4o3)n2n1.CC. The maximum atomic E-state index is 12.3. The molecule has 4 aromatic rings. The predicted octanol–water partition coefficient (Wildman–Crippen LogP) is 5.53. The minimum Gasteiger partial charge on any atom is -0.454 e. The summed E-state index contributed by atoms with van der Waals surface area (Å²) in [5, 5.41) is 8.39. The zero-order valence-electron chi connectivity index (χ0n) is 18.3. The lowest BCUT2D eigenvalue weighted by Gasteiger charge is -2.06. The van der Waals surface area contributed by atoms with Crippen LogP contribution in [0, 0.1) is 0 Å². The van der Waals surface area contributed by atoms with Crippen LogP contribution in [-0.2, 0) is 4.79 Å². The van der Waals surface area contributed by atoms with Crippen molar-refractivity contribution in [2.75, 3.05) is 12.4 Å². The molecule has 0 spiro atoms. The van der Waals surface area contributed by atoms with E-state index >= 15 is 0 Å². The standard InChI is InChI=1S/C22H21N5O2.C2H6/c1-3-15(13-23-2)8-11-22(28)25-20-9-10-21-24-14-17(27(21)26-20)19-12-16-6-4-5-7-18(16)29-19;1-2/h3-7,9-10,12-14H,8,11H2,1-2H3,(H,25,26,28);1-2H3/b15-3-,23-13?;. The van der Waals surface area contributed by atoms with Crippen molar-refractivity contribution in [2.24, 2.45) is 4.99 Å². The topological polar surface area (TPSA) is 84.8 Å². The second-order valence-corrected chi connectivity index (χ2v) is 6.58. The molecule has 1 N–H and O–H groups in total. The van der Waals surface area contributed by atoms with Crippen molar-refractivity contribution in [3.63, 3.8) is 0 Å². The molecule has 1 aromatic carbocycles. The molecule has 0 aliphatic rings. The first-order valence-corrected chi connectivity index (χ1v) is 10.4. The molecule has 0 aliphatic carbocycles. The molecule has 0 unspecified atom stereocenters. The van der Waals surface area contributed by atoms with E-state index in [0.29, 0.717) is 30.1 Å². The summed E-state index contributed by atoms with van der Waals surface area (Å²) in [6.07, 6.45) is 6.41. The van der Waals surface area contributed by atoms with E-state index in [1.54, 1.807) is 30.0 Å². The quantitative estimate of drug-likeness (QED) is 0.418. The van der Waals surface area contributed by atoms with E-state index in [4.69, 9.17) is 4.42 Å². The average Bonchev–Trinajstić information content (AvgIpc) is 3.41. The smallest absolute Gasteiger partial charge is 0.225 e. The lowest BCUT2D eigenvalue weighted by molar-refractivity contribution is -0.116. The number of fused-ring (bicyclic) bond motifs is 2. The van der Waals surface area contributed by atoms with Gasteiger partial charge in [0.05, 0.1) is 6.20 Å². The Balaban J connectivity index is 0.00000132. The third kappa shape index (κ3) is 5.06. The van der Waals surface area contributed by atoms with Crippen LogP contribution in [0.25, 0.3) is 28.1 Å². The second-order valence-electron chi connectivity index (χ2n) is 6.58. The van der Waals surface area contributed by atoms with Gasteiger partial charge in [0.2, 0.25) is 5.91 Å². The van der Waals surface area contributed by atoms with Crippen molar-refractivity contribution in [1.82, 2.24) is 14.6 Å². The molecule has 1 amide bonds. The highest BCUT2D eigenvalue weighted by molar-refractivity contribution is 5.91. The molecule has 7 nitrogen and oxygen atoms in total. The van der Waals surface area contributed by atoms with Crippen molar-refractivity contribution < 1.29 is 9.21 Å². The van der Waals surface area contributed by atoms with Gasteiger partial charge in [-0.05, 0) is 43.2 Å². The number of anilines is 1. The zero-order valence-corrected chi connectivity index (χ0v) is 18.3. The van der Waals surface area contributed by atoms with Crippen LogP contribution in [-0.4, -0.2) is 33.8 Å². The molecule has 7 heteroatoms. The van der Waals surface area contributed by atoms with Gasteiger partial charge in [-0.2, -0.15) is 0 Å². The third-order valence-corrected chi connectivity index (χ3v) is 4.61. The molecule has 3 aromatic heterocycles. The molecule has 4 rings (SSSR count). The van der Waals surface area contributed by atoms with E-state index < -0.39 is 0 Å². The van der Waals surface area contributed by atoms with Gasteiger partial charge in [-0.3, -0.25) is 9.79 Å². The van der Waals surface area contributed by atoms with E-state index in [-0.39, 0.29) is 5.91 Å². The van der Waals surface area contributed by atoms with Gasteiger partial charge in [0.25, 0.3) is 0 Å². The van der Waals surface area contributed by atoms with Crippen molar-refractivity contribution in [3.05, 3.63) is 60.3 Å². The summed E-state index contributed by atoms with van der Waals surface area (Å²) >= 11 is 0. The predicted molar refractivity (Wildman–Crippen MR) is 126 cm³/mol. The van der Waals surface area contributed by atoms with Crippen LogP contribution >= 0.6 is 0 Å². The monoisotopic (exact) mass is 417 g/mol. The van der Waals surface area contributed by atoms with E-state index in [1.807, 2.05) is 63.2 Å². The summed E-state index contributed by atoms with van der Waals surface area (Å²) in [4.78, 5) is 20.7. The Labute approximate surface area is 181 Å². The zero-order chi connectivity index (χ0) is 22.2. The number of nitrogens with one attached hydrogen (secondary N) is 1. The Kier molecular flexibility index (Phi) is 7.32. The molecule has 0 fully saturated rings. The molecule has 0 atom stereocenters. The molecule has 0 bridgehead atoms. The van der Waals surface area contributed by atoms with Crippen LogP contribution in [0.1, 0.15) is 33.6 Å². The van der Waals surface area contributed by atoms with Crippen LogP contribution in [0.15, 0.2) is 69.7 Å². The number of carbonyl (C=O) groups is 1. The minimum absolute atomic E-state index is 0.105. The average molecular weight is 418 g/mol. The van der Waals surface area contributed by atoms with Crippen LogP contribution in [0.5, 0.6) is 0 Å². The Bertz CT molecular complexity index is 1200. The second kappa shape index (κ2) is 10.3. The summed E-state index contributed by atoms with van der Waals surface area (Å²) in [6, 6.07) is 13.3. The largest absolute Gasteiger partial charge is 0.454 e. The maximum Gasteiger partial charge on any atom is 0.225 e. The number of hydrogen-bond donors (Lipinski definition) is 1. The number of hydrogen-bond acceptors (Lipinski definition) is 5. The number of nitrogens with zero attached hydrogens (tertiary/aromatic N) is 4. The summed E-state index contributed by atoms with van der Waals surface area (Å²) < 4.78 is 7.61. The number of benzene rings is 1. The maximum absolute atomic E-state index is 12.3. The first-order valence-electron chi connectivity index (χ1n) is 10.4. The first kappa shape index (κ1) is 22.0. The highest BCUT2D eigenvalue weighted by Gasteiger charge is 2.13. The molecule has 0 saturated carbocycles. The molecule has 0 aliphatic heterocycles. The van der Waals surface area contributed by atoms with Gasteiger partial charge in [-0.1, -0.05) is 38.1 Å². The number of allylic oxidation sites excluding steroid dienone is 2. The molecule has 3 heterocycles. The first-order chi connectivity index (χ1) is 15.2. The minimum atomic E-state index is -0.105. The van der Waals surface area contributed by atoms with E-state index in [9.17, 15) is 4.79 Å².